The summed E-state index contributed by atoms with van der Waals surface area (Å²) in [6.07, 6.45) is 0. The van der Waals surface area contributed by atoms with Crippen LogP contribution in [-0.4, -0.2) is 27.5 Å². The van der Waals surface area contributed by atoms with Crippen LogP contribution in [0.4, 0.5) is 10.1 Å². The number of sulfonamides is 1. The number of carbonyl (C=O) groups excluding carboxylic acids is 1. The Balaban J connectivity index is 3.03. The van der Waals surface area contributed by atoms with E-state index in [2.05, 4.69) is 9.46 Å². The van der Waals surface area contributed by atoms with E-state index in [4.69, 9.17) is 5.73 Å². The second kappa shape index (κ2) is 5.32. The summed E-state index contributed by atoms with van der Waals surface area (Å²) in [7, 11) is -2.90. The van der Waals surface area contributed by atoms with Crippen molar-refractivity contribution in [3.63, 3.8) is 0 Å². The van der Waals surface area contributed by atoms with Crippen LogP contribution in [-0.2, 0) is 19.6 Å². The summed E-state index contributed by atoms with van der Waals surface area (Å²) in [5.41, 5.74) is 5.32. The number of halogens is 1. The predicted molar refractivity (Wildman–Crippen MR) is 62.6 cm³/mol. The number of nitrogen functional groups attached to an aromatic ring is 1. The molecule has 1 aromatic rings. The minimum absolute atomic E-state index is 0.0268. The molecule has 100 valence electrons. The molecule has 6 nitrogen and oxygen atoms in total. The Kier molecular flexibility index (Phi) is 4.25. The molecular formula is C10H13FN2O4S. The Morgan fingerprint density at radius 2 is 2.06 bits per heavy atom. The van der Waals surface area contributed by atoms with Gasteiger partial charge in [-0.25, -0.2) is 12.8 Å². The molecule has 0 aliphatic carbocycles. The van der Waals surface area contributed by atoms with E-state index in [1.165, 1.54) is 6.92 Å². The fraction of sp³-hybridized carbons (Fsp3) is 0.300. The van der Waals surface area contributed by atoms with Crippen LogP contribution in [0.3, 0.4) is 0 Å². The minimum atomic E-state index is -4.03. The zero-order chi connectivity index (χ0) is 13.9. The summed E-state index contributed by atoms with van der Waals surface area (Å²) in [5.74, 6) is -1.52. The van der Waals surface area contributed by atoms with Crippen molar-refractivity contribution in [3.8, 4) is 0 Å². The van der Waals surface area contributed by atoms with Gasteiger partial charge in [-0.3, -0.25) is 4.79 Å². The van der Waals surface area contributed by atoms with Gasteiger partial charge in [0.1, 0.15) is 11.9 Å². The number of anilines is 1. The molecule has 0 radical (unpaired) electrons. The molecule has 18 heavy (non-hydrogen) atoms. The molecule has 0 aromatic heterocycles. The van der Waals surface area contributed by atoms with E-state index in [0.29, 0.717) is 0 Å². The number of nitrogens with two attached hydrogens (primary N) is 1. The van der Waals surface area contributed by atoms with Gasteiger partial charge in [-0.15, -0.1) is 0 Å². The topological polar surface area (TPSA) is 98.5 Å². The SMILES string of the molecule is COC(=O)C(C)NS(=O)(=O)c1cc(N)cc(F)c1. The van der Waals surface area contributed by atoms with Crippen LogP contribution < -0.4 is 10.5 Å². The number of carbonyl (C=O) groups is 1. The number of ether oxygens (including phenoxy) is 1. The molecule has 1 unspecified atom stereocenters. The summed E-state index contributed by atoms with van der Waals surface area (Å²) in [4.78, 5) is 10.8. The molecule has 0 aliphatic heterocycles. The summed E-state index contributed by atoms with van der Waals surface area (Å²) >= 11 is 0. The summed E-state index contributed by atoms with van der Waals surface area (Å²) in [6, 6.07) is 1.81. The fourth-order valence-corrected chi connectivity index (χ4v) is 2.52. The van der Waals surface area contributed by atoms with Crippen molar-refractivity contribution in [2.24, 2.45) is 0 Å². The van der Waals surface area contributed by atoms with Crippen molar-refractivity contribution in [2.45, 2.75) is 17.9 Å². The van der Waals surface area contributed by atoms with Crippen molar-refractivity contribution in [1.29, 1.82) is 0 Å². The van der Waals surface area contributed by atoms with Crippen LogP contribution in [0.25, 0.3) is 0 Å². The summed E-state index contributed by atoms with van der Waals surface area (Å²) in [5, 5.41) is 0. The number of rotatable bonds is 4. The van der Waals surface area contributed by atoms with Gasteiger partial charge < -0.3 is 10.5 Å². The quantitative estimate of drug-likeness (QED) is 0.606. The molecule has 1 aromatic carbocycles. The number of benzene rings is 1. The third kappa shape index (κ3) is 3.41. The highest BCUT2D eigenvalue weighted by Gasteiger charge is 2.23. The van der Waals surface area contributed by atoms with E-state index in [1.807, 2.05) is 0 Å². The number of methoxy groups -OCH3 is 1. The normalized spacial score (nSPS) is 13.1. The van der Waals surface area contributed by atoms with Crippen LogP contribution >= 0.6 is 0 Å². The fourth-order valence-electron chi connectivity index (χ4n) is 1.27. The lowest BCUT2D eigenvalue weighted by molar-refractivity contribution is -0.142. The van der Waals surface area contributed by atoms with Gasteiger partial charge in [0.2, 0.25) is 10.0 Å². The minimum Gasteiger partial charge on any atom is -0.468 e. The van der Waals surface area contributed by atoms with Crippen molar-refractivity contribution in [2.75, 3.05) is 12.8 Å². The van der Waals surface area contributed by atoms with Gasteiger partial charge in [0, 0.05) is 5.69 Å². The average Bonchev–Trinajstić information content (AvgIpc) is 2.26. The molecule has 0 fully saturated rings. The maximum absolute atomic E-state index is 13.1. The van der Waals surface area contributed by atoms with E-state index < -0.39 is 27.9 Å². The molecule has 8 heteroatoms. The Bertz CT molecular complexity index is 539. The number of esters is 1. The van der Waals surface area contributed by atoms with Crippen LogP contribution in [0.15, 0.2) is 23.1 Å². The first-order valence-corrected chi connectivity index (χ1v) is 6.41. The Hall–Kier alpha value is -1.67. The molecule has 0 saturated carbocycles. The largest absolute Gasteiger partial charge is 0.468 e. The standard InChI is InChI=1S/C10H13FN2O4S/c1-6(10(14)17-2)13-18(15,16)9-4-7(11)3-8(12)5-9/h3-6,13H,12H2,1-2H3. The molecule has 1 atom stereocenters. The van der Waals surface area contributed by atoms with Gasteiger partial charge in [-0.2, -0.15) is 4.72 Å². The van der Waals surface area contributed by atoms with Gasteiger partial charge in [-0.05, 0) is 25.1 Å². The zero-order valence-corrected chi connectivity index (χ0v) is 10.6. The molecule has 1 rings (SSSR count). The predicted octanol–water partition coefficient (Wildman–Crippen LogP) is 0.248. The highest BCUT2D eigenvalue weighted by molar-refractivity contribution is 7.89. The van der Waals surface area contributed by atoms with Crippen LogP contribution in [0.1, 0.15) is 6.92 Å². The third-order valence-electron chi connectivity index (χ3n) is 2.09. The average molecular weight is 276 g/mol. The number of nitrogens with one attached hydrogen (secondary N) is 1. The number of hydrogen-bond acceptors (Lipinski definition) is 5. The third-order valence-corrected chi connectivity index (χ3v) is 3.61. The Labute approximate surface area is 104 Å². The molecule has 0 heterocycles. The van der Waals surface area contributed by atoms with Crippen molar-refractivity contribution in [3.05, 3.63) is 24.0 Å². The molecule has 0 spiro atoms. The van der Waals surface area contributed by atoms with Crippen molar-refractivity contribution >= 4 is 21.7 Å². The molecule has 0 amide bonds. The molecule has 3 N–H and O–H groups in total. The van der Waals surface area contributed by atoms with Gasteiger partial charge >= 0.3 is 5.97 Å². The maximum atomic E-state index is 13.1. The zero-order valence-electron chi connectivity index (χ0n) is 9.81. The van der Waals surface area contributed by atoms with Crippen LogP contribution in [0.5, 0.6) is 0 Å². The first-order valence-electron chi connectivity index (χ1n) is 4.92. The second-order valence-corrected chi connectivity index (χ2v) is 5.30. The lowest BCUT2D eigenvalue weighted by Crippen LogP contribution is -2.39. The van der Waals surface area contributed by atoms with Gasteiger partial charge in [0.05, 0.1) is 12.0 Å². The van der Waals surface area contributed by atoms with E-state index in [0.717, 1.165) is 25.3 Å². The highest BCUT2D eigenvalue weighted by Crippen LogP contribution is 2.16. The monoisotopic (exact) mass is 276 g/mol. The van der Waals surface area contributed by atoms with Crippen molar-refractivity contribution in [1.82, 2.24) is 4.72 Å². The molecule has 0 bridgehead atoms. The molecular weight excluding hydrogens is 263 g/mol. The lowest BCUT2D eigenvalue weighted by atomic mass is 10.3. The Morgan fingerprint density at radius 3 is 2.56 bits per heavy atom. The second-order valence-electron chi connectivity index (χ2n) is 3.59. The van der Waals surface area contributed by atoms with Gasteiger partial charge in [0.15, 0.2) is 0 Å². The van der Waals surface area contributed by atoms with Gasteiger partial charge in [-0.1, -0.05) is 0 Å². The number of hydrogen-bond donors (Lipinski definition) is 2. The van der Waals surface area contributed by atoms with Crippen LogP contribution in [0, 0.1) is 5.82 Å². The molecule has 0 aliphatic rings. The van der Waals surface area contributed by atoms with E-state index >= 15 is 0 Å². The summed E-state index contributed by atoms with van der Waals surface area (Å²) in [6.45, 7) is 1.31. The van der Waals surface area contributed by atoms with Crippen LogP contribution in [0.2, 0.25) is 0 Å². The van der Waals surface area contributed by atoms with Gasteiger partial charge in [0.25, 0.3) is 0 Å². The lowest BCUT2D eigenvalue weighted by Gasteiger charge is -2.12. The smallest absolute Gasteiger partial charge is 0.323 e. The first kappa shape index (κ1) is 14.4. The van der Waals surface area contributed by atoms with Crippen molar-refractivity contribution < 1.29 is 22.3 Å². The van der Waals surface area contributed by atoms with E-state index in [1.54, 1.807) is 0 Å². The maximum Gasteiger partial charge on any atom is 0.323 e. The Morgan fingerprint density at radius 1 is 1.44 bits per heavy atom. The van der Waals surface area contributed by atoms with E-state index in [9.17, 15) is 17.6 Å². The molecule has 0 saturated heterocycles. The highest BCUT2D eigenvalue weighted by atomic mass is 32.2. The summed E-state index contributed by atoms with van der Waals surface area (Å²) < 4.78 is 43.1. The first-order chi connectivity index (χ1) is 8.26. The van der Waals surface area contributed by atoms with E-state index in [-0.39, 0.29) is 10.6 Å².